The van der Waals surface area contributed by atoms with Crippen LogP contribution in [0, 0.1) is 6.92 Å². The van der Waals surface area contributed by atoms with Gasteiger partial charge in [-0.3, -0.25) is 0 Å². The van der Waals surface area contributed by atoms with E-state index in [9.17, 15) is 0 Å². The van der Waals surface area contributed by atoms with Crippen LogP contribution in [0.25, 0.3) is 76.7 Å². The van der Waals surface area contributed by atoms with E-state index < -0.39 is 0 Å². The number of fused-ring (bicyclic) bond motifs is 11. The standard InChI is InChI=1S/C33H22N3/c1-19-18-24-21-11-4-6-15-26(21)36-31(24)29(28(19)27-16-7-8-17-34(27)2)33-32(36)23-13-9-12-22-20-10-3-5-14-25(20)35(33)30(22)23/h3-18H,1-2H3/q+1. The van der Waals surface area contributed by atoms with Gasteiger partial charge in [-0.2, -0.15) is 0 Å². The van der Waals surface area contributed by atoms with Gasteiger partial charge >= 0.3 is 0 Å². The molecule has 0 spiro atoms. The average molecular weight is 461 g/mol. The van der Waals surface area contributed by atoms with E-state index in [-0.39, 0.29) is 0 Å². The number of benzene rings is 4. The Balaban J connectivity index is 1.72. The summed E-state index contributed by atoms with van der Waals surface area (Å²) in [6, 6.07) is 33.4. The second kappa shape index (κ2) is 6.13. The molecule has 0 saturated heterocycles. The highest BCUT2D eigenvalue weighted by Gasteiger charge is 2.29. The average Bonchev–Trinajstić information content (AvgIpc) is 3.61. The molecule has 5 aromatic heterocycles. The quantitative estimate of drug-likeness (QED) is 0.223. The molecule has 9 rings (SSSR count). The van der Waals surface area contributed by atoms with Gasteiger partial charge in [-0.15, -0.1) is 0 Å². The number of hydrogen-bond donors (Lipinski definition) is 0. The lowest BCUT2D eigenvalue weighted by Crippen LogP contribution is -2.30. The topological polar surface area (TPSA) is 12.7 Å². The maximum atomic E-state index is 2.54. The maximum Gasteiger partial charge on any atom is 0.213 e. The largest absolute Gasteiger partial charge is 0.306 e. The zero-order valence-electron chi connectivity index (χ0n) is 20.1. The van der Waals surface area contributed by atoms with E-state index in [4.69, 9.17) is 0 Å². The highest BCUT2D eigenvalue weighted by Crippen LogP contribution is 2.49. The minimum atomic E-state index is 1.24. The lowest BCUT2D eigenvalue weighted by atomic mass is 9.96. The molecule has 3 nitrogen and oxygen atoms in total. The van der Waals surface area contributed by atoms with Gasteiger partial charge in [0.2, 0.25) is 5.69 Å². The third kappa shape index (κ3) is 1.94. The predicted molar refractivity (Wildman–Crippen MR) is 150 cm³/mol. The van der Waals surface area contributed by atoms with Crippen molar-refractivity contribution in [1.29, 1.82) is 0 Å². The second-order valence-electron chi connectivity index (χ2n) is 10.1. The summed E-state index contributed by atoms with van der Waals surface area (Å²) >= 11 is 0. The first-order chi connectivity index (χ1) is 17.7. The summed E-state index contributed by atoms with van der Waals surface area (Å²) in [4.78, 5) is 0. The lowest BCUT2D eigenvalue weighted by Gasteiger charge is -2.08. The van der Waals surface area contributed by atoms with Crippen LogP contribution in [0.15, 0.2) is 97.2 Å². The monoisotopic (exact) mass is 460 g/mol. The number of aryl methyl sites for hydroxylation is 2. The van der Waals surface area contributed by atoms with Crippen molar-refractivity contribution in [3.8, 4) is 11.3 Å². The molecule has 0 N–H and O–H groups in total. The van der Waals surface area contributed by atoms with E-state index >= 15 is 0 Å². The van der Waals surface area contributed by atoms with Crippen LogP contribution in [0.1, 0.15) is 5.56 Å². The zero-order chi connectivity index (χ0) is 23.7. The molecule has 0 saturated carbocycles. The Kier molecular flexibility index (Phi) is 3.18. The van der Waals surface area contributed by atoms with E-state index in [2.05, 4.69) is 125 Å². The van der Waals surface area contributed by atoms with Gasteiger partial charge in [-0.1, -0.05) is 54.6 Å². The zero-order valence-corrected chi connectivity index (χ0v) is 20.1. The van der Waals surface area contributed by atoms with Crippen LogP contribution < -0.4 is 4.57 Å². The van der Waals surface area contributed by atoms with Crippen LogP contribution in [0.5, 0.6) is 0 Å². The van der Waals surface area contributed by atoms with Crippen molar-refractivity contribution in [1.82, 2.24) is 8.80 Å². The van der Waals surface area contributed by atoms with Crippen LogP contribution in [0.2, 0.25) is 0 Å². The molecule has 0 unspecified atom stereocenters. The van der Waals surface area contributed by atoms with Gasteiger partial charge in [0.1, 0.15) is 7.05 Å². The molecule has 0 radical (unpaired) electrons. The summed E-state index contributed by atoms with van der Waals surface area (Å²) in [7, 11) is 2.15. The van der Waals surface area contributed by atoms with Crippen LogP contribution in [0.4, 0.5) is 0 Å². The van der Waals surface area contributed by atoms with Crippen molar-refractivity contribution in [2.75, 3.05) is 0 Å². The highest BCUT2D eigenvalue weighted by molar-refractivity contribution is 6.34. The number of para-hydroxylation sites is 3. The van der Waals surface area contributed by atoms with Crippen molar-refractivity contribution >= 4 is 65.4 Å². The summed E-state index contributed by atoms with van der Waals surface area (Å²) in [5.74, 6) is 0. The first-order valence-electron chi connectivity index (χ1n) is 12.5. The van der Waals surface area contributed by atoms with Gasteiger partial charge in [0.15, 0.2) is 6.20 Å². The van der Waals surface area contributed by atoms with E-state index in [1.807, 2.05) is 0 Å². The van der Waals surface area contributed by atoms with E-state index in [1.54, 1.807) is 0 Å². The molecule has 9 aromatic rings. The van der Waals surface area contributed by atoms with Gasteiger partial charge in [0.05, 0.1) is 38.7 Å². The molecule has 0 aliphatic carbocycles. The number of hydrogen-bond acceptors (Lipinski definition) is 0. The SMILES string of the molecule is Cc1cc2c3ccccc3n3c2c(c1-c1cccc[n+]1C)c1c3c2cccc3c4ccccc4n1c32. The maximum absolute atomic E-state index is 2.54. The third-order valence-corrected chi connectivity index (χ3v) is 8.33. The molecule has 5 heterocycles. The molecule has 0 atom stereocenters. The number of pyridine rings is 1. The summed E-state index contributed by atoms with van der Waals surface area (Å²) < 4.78 is 7.33. The molecule has 0 amide bonds. The van der Waals surface area contributed by atoms with Crippen molar-refractivity contribution in [3.63, 3.8) is 0 Å². The minimum Gasteiger partial charge on any atom is -0.306 e. The number of rotatable bonds is 1. The summed E-state index contributed by atoms with van der Waals surface area (Å²) in [5, 5.41) is 7.96. The van der Waals surface area contributed by atoms with E-state index in [1.165, 1.54) is 82.2 Å². The second-order valence-corrected chi connectivity index (χ2v) is 10.1. The van der Waals surface area contributed by atoms with Crippen LogP contribution in [0.3, 0.4) is 0 Å². The summed E-state index contributed by atoms with van der Waals surface area (Å²) in [5.41, 5.74) is 11.7. The van der Waals surface area contributed by atoms with Gasteiger partial charge in [-0.25, -0.2) is 4.57 Å². The highest BCUT2D eigenvalue weighted by atomic mass is 15.0. The molecule has 168 valence electrons. The normalized spacial score (nSPS) is 12.7. The fraction of sp³-hybridized carbons (Fsp3) is 0.0606. The van der Waals surface area contributed by atoms with Gasteiger partial charge < -0.3 is 8.80 Å². The molecular formula is C33H22N3+. The Hall–Kier alpha value is -4.63. The molecule has 36 heavy (non-hydrogen) atoms. The molecule has 4 aromatic carbocycles. The van der Waals surface area contributed by atoms with E-state index in [0.29, 0.717) is 0 Å². The Morgan fingerprint density at radius 1 is 0.556 bits per heavy atom. The molecule has 0 aliphatic rings. The Morgan fingerprint density at radius 3 is 1.97 bits per heavy atom. The van der Waals surface area contributed by atoms with Crippen LogP contribution in [-0.2, 0) is 7.05 Å². The number of nitrogens with zero attached hydrogens (tertiary/aromatic N) is 3. The molecule has 0 fully saturated rings. The number of aromatic nitrogens is 3. The van der Waals surface area contributed by atoms with Crippen molar-refractivity contribution < 1.29 is 4.57 Å². The predicted octanol–water partition coefficient (Wildman–Crippen LogP) is 7.63. The van der Waals surface area contributed by atoms with Crippen molar-refractivity contribution in [3.05, 3.63) is 103 Å². The Morgan fingerprint density at radius 2 is 1.19 bits per heavy atom. The minimum absolute atomic E-state index is 1.24. The fourth-order valence-electron chi connectivity index (χ4n) is 6.97. The van der Waals surface area contributed by atoms with Crippen LogP contribution >= 0.6 is 0 Å². The van der Waals surface area contributed by atoms with E-state index in [0.717, 1.165) is 0 Å². The van der Waals surface area contributed by atoms with Crippen molar-refractivity contribution in [2.45, 2.75) is 6.92 Å². The van der Waals surface area contributed by atoms with Crippen LogP contribution in [-0.4, -0.2) is 8.80 Å². The van der Waals surface area contributed by atoms with Gasteiger partial charge in [0.25, 0.3) is 0 Å². The molecular weight excluding hydrogens is 438 g/mol. The molecule has 3 heteroatoms. The van der Waals surface area contributed by atoms with Gasteiger partial charge in [0, 0.05) is 44.5 Å². The summed E-state index contributed by atoms with van der Waals surface area (Å²) in [6.45, 7) is 2.27. The Labute approximate surface area is 206 Å². The Bertz CT molecular complexity index is 2330. The fourth-order valence-corrected chi connectivity index (χ4v) is 6.97. The molecule has 0 bridgehead atoms. The smallest absolute Gasteiger partial charge is 0.213 e. The third-order valence-electron chi connectivity index (χ3n) is 8.33. The molecule has 0 aliphatic heterocycles. The first-order valence-corrected chi connectivity index (χ1v) is 12.5. The van der Waals surface area contributed by atoms with Crippen molar-refractivity contribution in [2.24, 2.45) is 7.05 Å². The van der Waals surface area contributed by atoms with Gasteiger partial charge in [-0.05, 0) is 36.8 Å². The summed E-state index contributed by atoms with van der Waals surface area (Å²) in [6.07, 6.45) is 2.15. The lowest BCUT2D eigenvalue weighted by molar-refractivity contribution is -0.660. The first kappa shape index (κ1) is 18.7.